The van der Waals surface area contributed by atoms with E-state index in [-0.39, 0.29) is 11.9 Å². The Bertz CT molecular complexity index is 546. The molecule has 1 amide bonds. The number of nitrogens with zero attached hydrogens (tertiary/aromatic N) is 2. The van der Waals surface area contributed by atoms with Gasteiger partial charge >= 0.3 is 0 Å². The molecule has 2 heterocycles. The third kappa shape index (κ3) is 2.38. The van der Waals surface area contributed by atoms with Gasteiger partial charge in [0.1, 0.15) is 5.69 Å². The average molecular weight is 255 g/mol. The van der Waals surface area contributed by atoms with Gasteiger partial charge in [0.25, 0.3) is 5.91 Å². The summed E-state index contributed by atoms with van der Waals surface area (Å²) in [6.45, 7) is 2.04. The lowest BCUT2D eigenvalue weighted by molar-refractivity contribution is 0.0665. The Kier molecular flexibility index (Phi) is 3.07. The number of carbonyl (C=O) groups is 1. The van der Waals surface area contributed by atoms with Crippen molar-refractivity contribution in [2.75, 3.05) is 0 Å². The summed E-state index contributed by atoms with van der Waals surface area (Å²) in [4.78, 5) is 21.9. The van der Waals surface area contributed by atoms with Crippen LogP contribution in [0.3, 0.4) is 0 Å². The van der Waals surface area contributed by atoms with E-state index in [9.17, 15) is 4.79 Å². The predicted octanol–water partition coefficient (Wildman–Crippen LogP) is 2.78. The minimum Gasteiger partial charge on any atom is -0.357 e. The van der Waals surface area contributed by atoms with E-state index < -0.39 is 0 Å². The summed E-state index contributed by atoms with van der Waals surface area (Å²) in [5.74, 6) is 0.0608. The zero-order valence-corrected chi connectivity index (χ0v) is 10.9. The molecule has 4 heteroatoms. The first-order valence-corrected chi connectivity index (χ1v) is 6.64. The van der Waals surface area contributed by atoms with Gasteiger partial charge in [0, 0.05) is 18.4 Å². The average Bonchev–Trinajstić information content (AvgIpc) is 3.12. The van der Waals surface area contributed by atoms with Gasteiger partial charge in [0.15, 0.2) is 0 Å². The van der Waals surface area contributed by atoms with Gasteiger partial charge in [-0.05, 0) is 44.0 Å². The van der Waals surface area contributed by atoms with Crippen LogP contribution in [0.5, 0.6) is 0 Å². The van der Waals surface area contributed by atoms with E-state index in [4.69, 9.17) is 0 Å². The van der Waals surface area contributed by atoms with Crippen molar-refractivity contribution < 1.29 is 4.79 Å². The molecule has 2 aromatic rings. The van der Waals surface area contributed by atoms with Crippen molar-refractivity contribution in [2.24, 2.45) is 0 Å². The Labute approximate surface area is 112 Å². The van der Waals surface area contributed by atoms with E-state index in [1.807, 2.05) is 42.2 Å². The van der Waals surface area contributed by atoms with Gasteiger partial charge in [-0.2, -0.15) is 0 Å². The Morgan fingerprint density at radius 1 is 1.37 bits per heavy atom. The number of hydrogen-bond donors (Lipinski definition) is 1. The van der Waals surface area contributed by atoms with Crippen LogP contribution in [0.15, 0.2) is 42.7 Å². The number of nitrogens with one attached hydrogen (secondary N) is 1. The summed E-state index contributed by atoms with van der Waals surface area (Å²) in [6, 6.07) is 9.86. The fourth-order valence-corrected chi connectivity index (χ4v) is 2.38. The van der Waals surface area contributed by atoms with Crippen LogP contribution >= 0.6 is 0 Å². The summed E-state index contributed by atoms with van der Waals surface area (Å²) in [5.41, 5.74) is 1.59. The first-order chi connectivity index (χ1) is 9.27. The topological polar surface area (TPSA) is 49.0 Å². The number of amides is 1. The van der Waals surface area contributed by atoms with Crippen LogP contribution in [0.2, 0.25) is 0 Å². The van der Waals surface area contributed by atoms with Gasteiger partial charge < -0.3 is 9.88 Å². The van der Waals surface area contributed by atoms with Crippen molar-refractivity contribution in [1.82, 2.24) is 14.9 Å². The number of carbonyl (C=O) groups excluding carboxylic acids is 1. The lowest BCUT2D eigenvalue weighted by atomic mass is 10.1. The molecule has 0 aliphatic heterocycles. The molecule has 1 aliphatic carbocycles. The minimum atomic E-state index is 0.00417. The van der Waals surface area contributed by atoms with Gasteiger partial charge in [-0.15, -0.1) is 0 Å². The van der Waals surface area contributed by atoms with Gasteiger partial charge in [0.2, 0.25) is 0 Å². The molecule has 1 aliphatic rings. The molecule has 4 nitrogen and oxygen atoms in total. The van der Waals surface area contributed by atoms with Crippen LogP contribution in [0, 0.1) is 0 Å². The van der Waals surface area contributed by atoms with Crippen molar-refractivity contribution in [3.63, 3.8) is 0 Å². The van der Waals surface area contributed by atoms with Crippen LogP contribution < -0.4 is 0 Å². The van der Waals surface area contributed by atoms with E-state index in [1.165, 1.54) is 0 Å². The van der Waals surface area contributed by atoms with Gasteiger partial charge in [-0.1, -0.05) is 6.07 Å². The molecule has 0 bridgehead atoms. The zero-order valence-electron chi connectivity index (χ0n) is 10.9. The van der Waals surface area contributed by atoms with Crippen molar-refractivity contribution in [3.05, 3.63) is 54.1 Å². The maximum atomic E-state index is 12.6. The Hall–Kier alpha value is -2.10. The summed E-state index contributed by atoms with van der Waals surface area (Å²) >= 11 is 0. The highest BCUT2D eigenvalue weighted by molar-refractivity contribution is 5.93. The zero-order chi connectivity index (χ0) is 13.2. The fraction of sp³-hybridized carbons (Fsp3) is 0.333. The molecule has 1 fully saturated rings. The number of aromatic amines is 1. The minimum absolute atomic E-state index is 0.00417. The molecule has 0 spiro atoms. The van der Waals surface area contributed by atoms with Crippen LogP contribution in [-0.4, -0.2) is 26.8 Å². The van der Waals surface area contributed by atoms with E-state index in [1.54, 1.807) is 12.4 Å². The highest BCUT2D eigenvalue weighted by Gasteiger charge is 2.37. The SMILES string of the molecule is C[C@@H](c1ccccn1)N(C(=O)c1ccc[nH]1)C1CC1. The molecule has 19 heavy (non-hydrogen) atoms. The van der Waals surface area contributed by atoms with Crippen LogP contribution in [-0.2, 0) is 0 Å². The van der Waals surface area contributed by atoms with Gasteiger partial charge in [-0.3, -0.25) is 9.78 Å². The van der Waals surface area contributed by atoms with Crippen LogP contribution in [0.4, 0.5) is 0 Å². The molecule has 0 radical (unpaired) electrons. The number of H-pyrrole nitrogens is 1. The maximum Gasteiger partial charge on any atom is 0.271 e. The maximum absolute atomic E-state index is 12.6. The Balaban J connectivity index is 1.87. The van der Waals surface area contributed by atoms with Crippen LogP contribution in [0.1, 0.15) is 42.0 Å². The Morgan fingerprint density at radius 2 is 2.21 bits per heavy atom. The molecule has 1 atom stereocenters. The molecule has 3 rings (SSSR count). The smallest absolute Gasteiger partial charge is 0.271 e. The van der Waals surface area contributed by atoms with E-state index in [0.717, 1.165) is 18.5 Å². The van der Waals surface area contributed by atoms with Crippen molar-refractivity contribution in [2.45, 2.75) is 31.8 Å². The van der Waals surface area contributed by atoms with Crippen molar-refractivity contribution in [3.8, 4) is 0 Å². The summed E-state index contributed by atoms with van der Waals surface area (Å²) < 4.78 is 0. The number of pyridine rings is 1. The highest BCUT2D eigenvalue weighted by atomic mass is 16.2. The lowest BCUT2D eigenvalue weighted by Gasteiger charge is -2.28. The van der Waals surface area contributed by atoms with Crippen molar-refractivity contribution >= 4 is 5.91 Å². The quantitative estimate of drug-likeness (QED) is 0.913. The number of hydrogen-bond acceptors (Lipinski definition) is 2. The lowest BCUT2D eigenvalue weighted by Crippen LogP contribution is -2.36. The van der Waals surface area contributed by atoms with E-state index in [2.05, 4.69) is 9.97 Å². The molecule has 2 aromatic heterocycles. The Morgan fingerprint density at radius 3 is 2.79 bits per heavy atom. The molecule has 0 saturated heterocycles. The molecule has 0 unspecified atom stereocenters. The van der Waals surface area contributed by atoms with Crippen molar-refractivity contribution in [1.29, 1.82) is 0 Å². The standard InChI is InChI=1S/C15H17N3O/c1-11(13-5-2-3-9-16-13)18(12-7-8-12)15(19)14-6-4-10-17-14/h2-6,9-12,17H,7-8H2,1H3/t11-/m0/s1. The third-order valence-corrected chi connectivity index (χ3v) is 3.54. The molecule has 0 aromatic carbocycles. The van der Waals surface area contributed by atoms with E-state index in [0.29, 0.717) is 11.7 Å². The first kappa shape index (κ1) is 12.0. The molecule has 98 valence electrons. The summed E-state index contributed by atoms with van der Waals surface area (Å²) in [5, 5.41) is 0. The third-order valence-electron chi connectivity index (χ3n) is 3.54. The van der Waals surface area contributed by atoms with Gasteiger partial charge in [0.05, 0.1) is 11.7 Å². The molecule has 1 saturated carbocycles. The van der Waals surface area contributed by atoms with Crippen LogP contribution in [0.25, 0.3) is 0 Å². The second kappa shape index (κ2) is 4.88. The second-order valence-electron chi connectivity index (χ2n) is 4.96. The fourth-order valence-electron chi connectivity index (χ4n) is 2.38. The normalized spacial score (nSPS) is 16.1. The summed E-state index contributed by atoms with van der Waals surface area (Å²) in [6.07, 6.45) is 5.73. The molecule has 1 N–H and O–H groups in total. The largest absolute Gasteiger partial charge is 0.357 e. The summed E-state index contributed by atoms with van der Waals surface area (Å²) in [7, 11) is 0. The highest BCUT2D eigenvalue weighted by Crippen LogP contribution is 2.34. The number of rotatable bonds is 4. The monoisotopic (exact) mass is 255 g/mol. The second-order valence-corrected chi connectivity index (χ2v) is 4.96. The molecular formula is C15H17N3O. The van der Waals surface area contributed by atoms with E-state index >= 15 is 0 Å². The first-order valence-electron chi connectivity index (χ1n) is 6.64. The number of aromatic nitrogens is 2. The molecular weight excluding hydrogens is 238 g/mol. The predicted molar refractivity (Wildman–Crippen MR) is 72.6 cm³/mol. The van der Waals surface area contributed by atoms with Gasteiger partial charge in [-0.25, -0.2) is 0 Å².